The molecule has 1 fully saturated rings. The summed E-state index contributed by atoms with van der Waals surface area (Å²) < 4.78 is 11.2. The highest BCUT2D eigenvalue weighted by atomic mass is 16.5. The van der Waals surface area contributed by atoms with Gasteiger partial charge in [0.2, 0.25) is 0 Å². The lowest BCUT2D eigenvalue weighted by molar-refractivity contribution is 0.0902. The van der Waals surface area contributed by atoms with Crippen LogP contribution in [0.15, 0.2) is 18.2 Å². The summed E-state index contributed by atoms with van der Waals surface area (Å²) in [6.07, 6.45) is 5.36. The van der Waals surface area contributed by atoms with E-state index in [-0.39, 0.29) is 5.91 Å². The molecule has 1 heterocycles. The number of hydrogen-bond acceptors (Lipinski definition) is 4. The van der Waals surface area contributed by atoms with Crippen LogP contribution in [0.5, 0.6) is 11.5 Å². The number of fused-ring (bicyclic) bond motifs is 1. The van der Waals surface area contributed by atoms with E-state index in [9.17, 15) is 10.1 Å². The van der Waals surface area contributed by atoms with Crippen molar-refractivity contribution in [1.82, 2.24) is 5.32 Å². The van der Waals surface area contributed by atoms with Gasteiger partial charge >= 0.3 is 0 Å². The second kappa shape index (κ2) is 6.27. The maximum atomic E-state index is 12.5. The highest BCUT2D eigenvalue weighted by Crippen LogP contribution is 2.31. The Balaban J connectivity index is 1.77. The first-order valence-corrected chi connectivity index (χ1v) is 7.86. The van der Waals surface area contributed by atoms with Gasteiger partial charge < -0.3 is 14.8 Å². The first-order chi connectivity index (χ1) is 10.7. The van der Waals surface area contributed by atoms with E-state index < -0.39 is 5.54 Å². The molecule has 2 aliphatic rings. The van der Waals surface area contributed by atoms with Crippen LogP contribution in [0.1, 0.15) is 48.9 Å². The van der Waals surface area contributed by atoms with Crippen molar-refractivity contribution in [3.8, 4) is 17.6 Å². The van der Waals surface area contributed by atoms with Crippen molar-refractivity contribution in [2.24, 2.45) is 0 Å². The minimum absolute atomic E-state index is 0.223. The predicted molar refractivity (Wildman–Crippen MR) is 80.9 cm³/mol. The lowest BCUT2D eigenvalue weighted by Crippen LogP contribution is -2.48. The molecule has 3 rings (SSSR count). The number of nitrogens with zero attached hydrogens (tertiary/aromatic N) is 1. The van der Waals surface area contributed by atoms with Crippen LogP contribution in [0.3, 0.4) is 0 Å². The molecule has 5 heteroatoms. The van der Waals surface area contributed by atoms with E-state index >= 15 is 0 Å². The molecule has 1 aromatic rings. The Labute approximate surface area is 130 Å². The SMILES string of the molecule is N#CC1(NC(=O)c2ccc3c(c2)OCCCO3)CCCCC1. The van der Waals surface area contributed by atoms with Crippen LogP contribution >= 0.6 is 0 Å². The Kier molecular flexibility index (Phi) is 4.19. The second-order valence-electron chi connectivity index (χ2n) is 5.92. The fourth-order valence-corrected chi connectivity index (χ4v) is 3.01. The average molecular weight is 300 g/mol. The Bertz CT molecular complexity index is 600. The third kappa shape index (κ3) is 3.01. The van der Waals surface area contributed by atoms with E-state index in [1.165, 1.54) is 0 Å². The van der Waals surface area contributed by atoms with Gasteiger partial charge in [0.25, 0.3) is 5.91 Å². The Hall–Kier alpha value is -2.22. The number of carbonyl (C=O) groups excluding carboxylic acids is 1. The Morgan fingerprint density at radius 3 is 2.55 bits per heavy atom. The van der Waals surface area contributed by atoms with Crippen molar-refractivity contribution < 1.29 is 14.3 Å². The summed E-state index contributed by atoms with van der Waals surface area (Å²) in [6.45, 7) is 1.20. The quantitative estimate of drug-likeness (QED) is 0.911. The molecule has 0 radical (unpaired) electrons. The van der Waals surface area contributed by atoms with Crippen molar-refractivity contribution in [3.05, 3.63) is 23.8 Å². The van der Waals surface area contributed by atoms with Crippen LogP contribution in [0.25, 0.3) is 0 Å². The van der Waals surface area contributed by atoms with Gasteiger partial charge in [-0.25, -0.2) is 0 Å². The van der Waals surface area contributed by atoms with E-state index in [0.29, 0.717) is 30.3 Å². The van der Waals surface area contributed by atoms with E-state index in [4.69, 9.17) is 9.47 Å². The van der Waals surface area contributed by atoms with E-state index in [2.05, 4.69) is 11.4 Å². The molecule has 0 bridgehead atoms. The normalized spacial score (nSPS) is 19.6. The summed E-state index contributed by atoms with van der Waals surface area (Å²) in [7, 11) is 0. The number of nitriles is 1. The smallest absolute Gasteiger partial charge is 0.252 e. The molecule has 116 valence electrons. The summed E-state index contributed by atoms with van der Waals surface area (Å²) in [5.41, 5.74) is -0.219. The van der Waals surface area contributed by atoms with Crippen LogP contribution in [-0.2, 0) is 0 Å². The first kappa shape index (κ1) is 14.7. The zero-order chi connectivity index (χ0) is 15.4. The summed E-state index contributed by atoms with van der Waals surface area (Å²) in [6, 6.07) is 7.48. The third-order valence-electron chi connectivity index (χ3n) is 4.28. The van der Waals surface area contributed by atoms with Gasteiger partial charge in [0, 0.05) is 12.0 Å². The van der Waals surface area contributed by atoms with Gasteiger partial charge in [0.05, 0.1) is 19.3 Å². The molecule has 1 saturated carbocycles. The highest BCUT2D eigenvalue weighted by Gasteiger charge is 2.34. The van der Waals surface area contributed by atoms with Crippen LogP contribution in [0.4, 0.5) is 0 Å². The zero-order valence-corrected chi connectivity index (χ0v) is 12.6. The molecule has 1 aliphatic carbocycles. The van der Waals surface area contributed by atoms with Crippen LogP contribution in [0, 0.1) is 11.3 Å². The number of hydrogen-bond donors (Lipinski definition) is 1. The molecule has 0 aromatic heterocycles. The molecule has 0 unspecified atom stereocenters. The zero-order valence-electron chi connectivity index (χ0n) is 12.6. The molecular weight excluding hydrogens is 280 g/mol. The fourth-order valence-electron chi connectivity index (χ4n) is 3.01. The summed E-state index contributed by atoms with van der Waals surface area (Å²) in [5, 5.41) is 12.4. The minimum atomic E-state index is -0.723. The van der Waals surface area contributed by atoms with Gasteiger partial charge in [-0.2, -0.15) is 5.26 Å². The summed E-state index contributed by atoms with van der Waals surface area (Å²) in [5.74, 6) is 1.04. The standard InChI is InChI=1S/C17H20N2O3/c18-12-17(7-2-1-3-8-17)19-16(20)13-5-6-14-15(11-13)22-10-4-9-21-14/h5-6,11H,1-4,7-10H2,(H,19,20). The summed E-state index contributed by atoms with van der Waals surface area (Å²) >= 11 is 0. The molecule has 22 heavy (non-hydrogen) atoms. The number of benzene rings is 1. The average Bonchev–Trinajstić information content (AvgIpc) is 2.80. The second-order valence-corrected chi connectivity index (χ2v) is 5.92. The van der Waals surface area contributed by atoms with Gasteiger partial charge in [0.15, 0.2) is 11.5 Å². The van der Waals surface area contributed by atoms with Gasteiger partial charge in [-0.15, -0.1) is 0 Å². The number of carbonyl (C=O) groups is 1. The largest absolute Gasteiger partial charge is 0.490 e. The first-order valence-electron chi connectivity index (χ1n) is 7.86. The molecule has 0 atom stereocenters. The molecule has 1 aliphatic heterocycles. The van der Waals surface area contributed by atoms with Gasteiger partial charge in [-0.05, 0) is 31.0 Å². The van der Waals surface area contributed by atoms with Crippen LogP contribution in [-0.4, -0.2) is 24.7 Å². The minimum Gasteiger partial charge on any atom is -0.490 e. The van der Waals surface area contributed by atoms with E-state index in [1.54, 1.807) is 18.2 Å². The third-order valence-corrected chi connectivity index (χ3v) is 4.28. The molecule has 0 saturated heterocycles. The molecular formula is C17H20N2O3. The van der Waals surface area contributed by atoms with Crippen molar-refractivity contribution in [2.75, 3.05) is 13.2 Å². The molecule has 1 N–H and O–H groups in total. The van der Waals surface area contributed by atoms with E-state index in [1.807, 2.05) is 0 Å². The predicted octanol–water partition coefficient (Wildman–Crippen LogP) is 2.80. The number of amides is 1. The van der Waals surface area contributed by atoms with Gasteiger partial charge in [-0.3, -0.25) is 4.79 Å². The number of nitrogens with one attached hydrogen (secondary N) is 1. The van der Waals surface area contributed by atoms with Crippen LogP contribution < -0.4 is 14.8 Å². The van der Waals surface area contributed by atoms with Gasteiger partial charge in [0.1, 0.15) is 5.54 Å². The number of rotatable bonds is 2. The monoisotopic (exact) mass is 300 g/mol. The highest BCUT2D eigenvalue weighted by molar-refractivity contribution is 5.95. The lowest BCUT2D eigenvalue weighted by atomic mass is 9.82. The van der Waals surface area contributed by atoms with Crippen molar-refractivity contribution in [1.29, 1.82) is 5.26 Å². The van der Waals surface area contributed by atoms with Crippen molar-refractivity contribution in [2.45, 2.75) is 44.1 Å². The topological polar surface area (TPSA) is 71.4 Å². The van der Waals surface area contributed by atoms with E-state index in [0.717, 1.165) is 38.5 Å². The Morgan fingerprint density at radius 2 is 1.82 bits per heavy atom. The molecule has 0 spiro atoms. The Morgan fingerprint density at radius 1 is 1.09 bits per heavy atom. The molecule has 5 nitrogen and oxygen atoms in total. The summed E-state index contributed by atoms with van der Waals surface area (Å²) in [4.78, 5) is 12.5. The molecule has 1 amide bonds. The van der Waals surface area contributed by atoms with Crippen molar-refractivity contribution in [3.63, 3.8) is 0 Å². The fraction of sp³-hybridized carbons (Fsp3) is 0.529. The molecule has 1 aromatic carbocycles. The number of ether oxygens (including phenoxy) is 2. The maximum absolute atomic E-state index is 12.5. The van der Waals surface area contributed by atoms with Gasteiger partial charge in [-0.1, -0.05) is 19.3 Å². The maximum Gasteiger partial charge on any atom is 0.252 e. The lowest BCUT2D eigenvalue weighted by Gasteiger charge is -2.31. The van der Waals surface area contributed by atoms with Crippen molar-refractivity contribution >= 4 is 5.91 Å². The van der Waals surface area contributed by atoms with Crippen LogP contribution in [0.2, 0.25) is 0 Å².